The van der Waals surface area contributed by atoms with Gasteiger partial charge in [-0.05, 0) is 24.3 Å². The standard InChI is InChI=1S/C26H32FN7O4/c1-14-28-23(31-38-14)21(17-7-5-6-8-18(17)27)29-24(36)20-11-16(35)12-33(20)25(37)22(26(2,3)4)34-13-19(30-32-34)15-9-10-15/h5-8,13,15-16,20-22,35H,9-12H2,1-4H3,(H,29,36)/t16?,20?,21?,22-/m1/s1. The third kappa shape index (κ3) is 5.17. The van der Waals surface area contributed by atoms with Gasteiger partial charge in [-0.2, -0.15) is 4.98 Å². The molecule has 38 heavy (non-hydrogen) atoms. The molecular weight excluding hydrogens is 493 g/mol. The summed E-state index contributed by atoms with van der Waals surface area (Å²) in [7, 11) is 0. The van der Waals surface area contributed by atoms with Crippen molar-refractivity contribution < 1.29 is 23.6 Å². The molecule has 2 fully saturated rings. The number of benzene rings is 1. The van der Waals surface area contributed by atoms with Gasteiger partial charge in [0.05, 0.1) is 11.8 Å². The van der Waals surface area contributed by atoms with Crippen molar-refractivity contribution in [3.63, 3.8) is 0 Å². The third-order valence-corrected chi connectivity index (χ3v) is 7.01. The molecule has 0 bridgehead atoms. The number of hydrogen-bond acceptors (Lipinski definition) is 8. The van der Waals surface area contributed by atoms with Crippen LogP contribution < -0.4 is 5.32 Å². The van der Waals surface area contributed by atoms with Crippen LogP contribution in [0.2, 0.25) is 0 Å². The van der Waals surface area contributed by atoms with Crippen LogP contribution in [0.4, 0.5) is 4.39 Å². The van der Waals surface area contributed by atoms with Crippen molar-refractivity contribution in [1.29, 1.82) is 0 Å². The first-order valence-corrected chi connectivity index (χ1v) is 12.8. The minimum atomic E-state index is -1.05. The Morgan fingerprint density at radius 1 is 1.24 bits per heavy atom. The number of nitrogens with one attached hydrogen (secondary N) is 1. The highest BCUT2D eigenvalue weighted by Gasteiger charge is 2.46. The molecule has 1 aromatic carbocycles. The minimum Gasteiger partial charge on any atom is -0.391 e. The van der Waals surface area contributed by atoms with Gasteiger partial charge in [-0.15, -0.1) is 5.10 Å². The predicted molar refractivity (Wildman–Crippen MR) is 132 cm³/mol. The molecule has 2 amide bonds. The van der Waals surface area contributed by atoms with E-state index in [0.717, 1.165) is 18.5 Å². The van der Waals surface area contributed by atoms with Crippen LogP contribution in [0.3, 0.4) is 0 Å². The van der Waals surface area contributed by atoms with Gasteiger partial charge in [-0.3, -0.25) is 9.59 Å². The third-order valence-electron chi connectivity index (χ3n) is 7.01. The Hall–Kier alpha value is -3.67. The highest BCUT2D eigenvalue weighted by atomic mass is 19.1. The highest BCUT2D eigenvalue weighted by Crippen LogP contribution is 2.40. The van der Waals surface area contributed by atoms with Crippen LogP contribution in [0.1, 0.15) is 81.0 Å². The van der Waals surface area contributed by atoms with E-state index in [2.05, 4.69) is 25.8 Å². The average Bonchev–Trinajstić information content (AvgIpc) is 3.22. The normalized spacial score (nSPS) is 21.4. The summed E-state index contributed by atoms with van der Waals surface area (Å²) in [5.74, 6) is -0.745. The van der Waals surface area contributed by atoms with Gasteiger partial charge in [0.15, 0.2) is 5.82 Å². The van der Waals surface area contributed by atoms with Crippen LogP contribution in [0.15, 0.2) is 35.0 Å². The summed E-state index contributed by atoms with van der Waals surface area (Å²) in [4.78, 5) is 33.2. The summed E-state index contributed by atoms with van der Waals surface area (Å²) in [6, 6.07) is 3.20. The number of aromatic nitrogens is 5. The van der Waals surface area contributed by atoms with E-state index < -0.39 is 41.4 Å². The van der Waals surface area contributed by atoms with Gasteiger partial charge in [0.25, 0.3) is 0 Å². The molecule has 11 nitrogen and oxygen atoms in total. The lowest BCUT2D eigenvalue weighted by molar-refractivity contribution is -0.144. The van der Waals surface area contributed by atoms with Crippen LogP contribution in [0, 0.1) is 18.2 Å². The van der Waals surface area contributed by atoms with Gasteiger partial charge < -0.3 is 19.8 Å². The van der Waals surface area contributed by atoms with E-state index >= 15 is 0 Å². The van der Waals surface area contributed by atoms with Gasteiger partial charge in [-0.1, -0.05) is 49.3 Å². The molecule has 1 saturated carbocycles. The van der Waals surface area contributed by atoms with Crippen LogP contribution in [0.5, 0.6) is 0 Å². The van der Waals surface area contributed by atoms with E-state index in [0.29, 0.717) is 5.92 Å². The maximum atomic E-state index is 14.8. The molecule has 2 aromatic heterocycles. The number of β-amino-alcohol motifs (C(OH)–C–C–N with tert-alkyl or cyclic N) is 1. The number of halogens is 1. The zero-order valence-electron chi connectivity index (χ0n) is 21.8. The van der Waals surface area contributed by atoms with Gasteiger partial charge in [0.1, 0.15) is 23.9 Å². The monoisotopic (exact) mass is 525 g/mol. The fourth-order valence-electron chi connectivity index (χ4n) is 4.99. The predicted octanol–water partition coefficient (Wildman–Crippen LogP) is 2.44. The molecule has 5 rings (SSSR count). The van der Waals surface area contributed by atoms with E-state index in [4.69, 9.17) is 4.52 Å². The van der Waals surface area contributed by atoms with Gasteiger partial charge in [-0.25, -0.2) is 9.07 Å². The molecule has 202 valence electrons. The van der Waals surface area contributed by atoms with Crippen LogP contribution >= 0.6 is 0 Å². The van der Waals surface area contributed by atoms with Gasteiger partial charge >= 0.3 is 0 Å². The quantitative estimate of drug-likeness (QED) is 0.480. The number of aliphatic hydroxyl groups excluding tert-OH is 1. The molecule has 3 unspecified atom stereocenters. The SMILES string of the molecule is Cc1nc(C(NC(=O)C2CC(O)CN2C(=O)[C@@H](n2cc(C3CC3)nn2)C(C)(C)C)c2ccccc2F)no1. The number of carbonyl (C=O) groups is 2. The maximum absolute atomic E-state index is 14.8. The van der Waals surface area contributed by atoms with E-state index in [-0.39, 0.29) is 36.2 Å². The van der Waals surface area contributed by atoms with E-state index in [1.807, 2.05) is 20.8 Å². The number of amides is 2. The summed E-state index contributed by atoms with van der Waals surface area (Å²) in [6.45, 7) is 7.34. The Bertz CT molecular complexity index is 1330. The molecule has 1 aliphatic carbocycles. The average molecular weight is 526 g/mol. The molecule has 0 radical (unpaired) electrons. The van der Waals surface area contributed by atoms with Crippen molar-refractivity contribution >= 4 is 11.8 Å². The zero-order valence-corrected chi connectivity index (χ0v) is 21.8. The smallest absolute Gasteiger partial charge is 0.248 e. The molecule has 4 atom stereocenters. The molecule has 2 N–H and O–H groups in total. The number of nitrogens with zero attached hydrogens (tertiary/aromatic N) is 6. The second kappa shape index (κ2) is 9.90. The number of rotatable bonds is 7. The fourth-order valence-corrected chi connectivity index (χ4v) is 4.99. The van der Waals surface area contributed by atoms with Crippen LogP contribution in [-0.2, 0) is 9.59 Å². The first kappa shape index (κ1) is 26.0. The van der Waals surface area contributed by atoms with E-state index in [1.165, 1.54) is 17.0 Å². The van der Waals surface area contributed by atoms with Crippen molar-refractivity contribution in [1.82, 2.24) is 35.4 Å². The highest BCUT2D eigenvalue weighted by molar-refractivity contribution is 5.90. The molecule has 0 spiro atoms. The molecule has 1 aliphatic heterocycles. The van der Waals surface area contributed by atoms with Gasteiger partial charge in [0.2, 0.25) is 17.7 Å². The molecule has 3 aromatic rings. The zero-order chi connectivity index (χ0) is 27.2. The topological polar surface area (TPSA) is 139 Å². The lowest BCUT2D eigenvalue weighted by Gasteiger charge is -2.34. The molecule has 2 aliphatic rings. The second-order valence-corrected chi connectivity index (χ2v) is 11.2. The molecule has 12 heteroatoms. The fraction of sp³-hybridized carbons (Fsp3) is 0.538. The van der Waals surface area contributed by atoms with Crippen LogP contribution in [-0.4, -0.2) is 65.6 Å². The lowest BCUT2D eigenvalue weighted by Crippen LogP contribution is -2.51. The number of aryl methyl sites for hydroxylation is 1. The number of aliphatic hydroxyl groups is 1. The Kier molecular flexibility index (Phi) is 6.76. The molecule has 1 saturated heterocycles. The number of hydrogen-bond donors (Lipinski definition) is 2. The molecular formula is C26H32FN7O4. The van der Waals surface area contributed by atoms with Gasteiger partial charge in [0, 0.05) is 37.6 Å². The van der Waals surface area contributed by atoms with Crippen molar-refractivity contribution in [3.05, 3.63) is 59.3 Å². The lowest BCUT2D eigenvalue weighted by atomic mass is 9.85. The largest absolute Gasteiger partial charge is 0.391 e. The summed E-state index contributed by atoms with van der Waals surface area (Å²) < 4.78 is 21.4. The Labute approximate surface area is 219 Å². The van der Waals surface area contributed by atoms with Crippen molar-refractivity contribution in [2.75, 3.05) is 6.54 Å². The maximum Gasteiger partial charge on any atom is 0.248 e. The van der Waals surface area contributed by atoms with Crippen molar-refractivity contribution in [2.45, 2.75) is 77.1 Å². The first-order valence-electron chi connectivity index (χ1n) is 12.8. The first-order chi connectivity index (χ1) is 18.0. The van der Waals surface area contributed by atoms with Crippen molar-refractivity contribution in [2.24, 2.45) is 5.41 Å². The summed E-state index contributed by atoms with van der Waals surface area (Å²) in [5.41, 5.74) is 0.449. The molecule has 3 heterocycles. The van der Waals surface area contributed by atoms with Crippen LogP contribution in [0.25, 0.3) is 0 Å². The second-order valence-electron chi connectivity index (χ2n) is 11.2. The number of likely N-dealkylation sites (tertiary alicyclic amines) is 1. The summed E-state index contributed by atoms with van der Waals surface area (Å²) in [6.07, 6.45) is 3.05. The summed E-state index contributed by atoms with van der Waals surface area (Å²) >= 11 is 0. The number of carbonyl (C=O) groups excluding carboxylic acids is 2. The van der Waals surface area contributed by atoms with E-state index in [9.17, 15) is 19.1 Å². The Balaban J connectivity index is 1.43. The Morgan fingerprint density at radius 2 is 1.97 bits per heavy atom. The summed E-state index contributed by atoms with van der Waals surface area (Å²) in [5, 5.41) is 25.7. The Morgan fingerprint density at radius 3 is 2.61 bits per heavy atom. The van der Waals surface area contributed by atoms with E-state index in [1.54, 1.807) is 29.9 Å². The minimum absolute atomic E-state index is 0.0145. The van der Waals surface area contributed by atoms with Crippen molar-refractivity contribution in [3.8, 4) is 0 Å².